The average molecular weight is 144 g/mol. The SMILES string of the molecule is CC(C)CC(=S)C(C)C. The lowest BCUT2D eigenvalue weighted by atomic mass is 10.0. The van der Waals surface area contributed by atoms with Crippen molar-refractivity contribution in [1.29, 1.82) is 0 Å². The maximum absolute atomic E-state index is 5.15. The molecule has 0 fully saturated rings. The van der Waals surface area contributed by atoms with Gasteiger partial charge >= 0.3 is 0 Å². The normalized spacial score (nSPS) is 10.9. The van der Waals surface area contributed by atoms with Crippen LogP contribution in [0.5, 0.6) is 0 Å². The largest absolute Gasteiger partial charge is 0.0894 e. The van der Waals surface area contributed by atoms with E-state index in [-0.39, 0.29) is 0 Å². The molecule has 0 amide bonds. The monoisotopic (exact) mass is 144 g/mol. The van der Waals surface area contributed by atoms with Gasteiger partial charge in [0.15, 0.2) is 0 Å². The van der Waals surface area contributed by atoms with Gasteiger partial charge in [0.1, 0.15) is 0 Å². The van der Waals surface area contributed by atoms with Gasteiger partial charge in [-0.15, -0.1) is 0 Å². The fourth-order valence-electron chi connectivity index (χ4n) is 0.638. The van der Waals surface area contributed by atoms with Crippen molar-refractivity contribution in [1.82, 2.24) is 0 Å². The van der Waals surface area contributed by atoms with Crippen molar-refractivity contribution in [3.05, 3.63) is 0 Å². The second-order valence-corrected chi connectivity index (χ2v) is 3.74. The first-order chi connectivity index (χ1) is 4.04. The predicted octanol–water partition coefficient (Wildman–Crippen LogP) is 3.06. The van der Waals surface area contributed by atoms with Crippen LogP contribution in [0.4, 0.5) is 0 Å². The van der Waals surface area contributed by atoms with Crippen molar-refractivity contribution < 1.29 is 0 Å². The standard InChI is InChI=1S/C8H16S/c1-6(2)5-8(9)7(3)4/h6-7H,5H2,1-4H3. The molecule has 0 aromatic carbocycles. The number of hydrogen-bond acceptors (Lipinski definition) is 1. The zero-order valence-corrected chi connectivity index (χ0v) is 7.59. The molecular formula is C8H16S. The Morgan fingerprint density at radius 2 is 1.67 bits per heavy atom. The molecule has 0 aliphatic carbocycles. The maximum Gasteiger partial charge on any atom is -0.00435 e. The Hall–Kier alpha value is 0.0900. The van der Waals surface area contributed by atoms with E-state index in [9.17, 15) is 0 Å². The molecule has 0 bridgehead atoms. The minimum Gasteiger partial charge on any atom is -0.0894 e. The fourth-order valence-corrected chi connectivity index (χ4v) is 0.971. The summed E-state index contributed by atoms with van der Waals surface area (Å²) in [6, 6.07) is 0. The van der Waals surface area contributed by atoms with E-state index in [0.29, 0.717) is 5.92 Å². The van der Waals surface area contributed by atoms with Crippen molar-refractivity contribution in [2.24, 2.45) is 11.8 Å². The molecule has 0 saturated carbocycles. The third kappa shape index (κ3) is 4.58. The van der Waals surface area contributed by atoms with Crippen molar-refractivity contribution >= 4 is 17.1 Å². The summed E-state index contributed by atoms with van der Waals surface area (Å²) in [4.78, 5) is 1.21. The van der Waals surface area contributed by atoms with Crippen LogP contribution in [0.3, 0.4) is 0 Å². The molecule has 0 aromatic heterocycles. The summed E-state index contributed by atoms with van der Waals surface area (Å²) in [7, 11) is 0. The summed E-state index contributed by atoms with van der Waals surface area (Å²) in [6.07, 6.45) is 1.10. The van der Waals surface area contributed by atoms with Gasteiger partial charge < -0.3 is 0 Å². The van der Waals surface area contributed by atoms with Gasteiger partial charge in [-0.05, 0) is 23.1 Å². The Morgan fingerprint density at radius 1 is 1.22 bits per heavy atom. The van der Waals surface area contributed by atoms with Crippen LogP contribution in [0.25, 0.3) is 0 Å². The molecule has 0 aromatic rings. The van der Waals surface area contributed by atoms with E-state index < -0.39 is 0 Å². The summed E-state index contributed by atoms with van der Waals surface area (Å²) < 4.78 is 0. The minimum absolute atomic E-state index is 0.586. The first-order valence-electron chi connectivity index (χ1n) is 3.56. The lowest BCUT2D eigenvalue weighted by molar-refractivity contribution is 0.668. The third-order valence-electron chi connectivity index (χ3n) is 1.25. The third-order valence-corrected chi connectivity index (χ3v) is 1.89. The molecule has 0 unspecified atom stereocenters. The molecule has 54 valence electrons. The molecule has 0 radical (unpaired) electrons. The first kappa shape index (κ1) is 9.09. The van der Waals surface area contributed by atoms with Gasteiger partial charge in [0.2, 0.25) is 0 Å². The lowest BCUT2D eigenvalue weighted by Gasteiger charge is -2.08. The Bertz CT molecular complexity index is 92.7. The molecular weight excluding hydrogens is 128 g/mol. The first-order valence-corrected chi connectivity index (χ1v) is 3.97. The number of rotatable bonds is 3. The van der Waals surface area contributed by atoms with Crippen LogP contribution in [-0.4, -0.2) is 4.86 Å². The Labute approximate surface area is 63.7 Å². The molecule has 0 nitrogen and oxygen atoms in total. The van der Waals surface area contributed by atoms with E-state index in [4.69, 9.17) is 12.2 Å². The quantitative estimate of drug-likeness (QED) is 0.549. The average Bonchev–Trinajstić information content (AvgIpc) is 1.63. The van der Waals surface area contributed by atoms with E-state index in [1.54, 1.807) is 0 Å². The summed E-state index contributed by atoms with van der Waals surface area (Å²) in [5, 5.41) is 0. The van der Waals surface area contributed by atoms with E-state index in [2.05, 4.69) is 27.7 Å². The van der Waals surface area contributed by atoms with Crippen LogP contribution in [0.15, 0.2) is 0 Å². The van der Waals surface area contributed by atoms with Crippen LogP contribution in [-0.2, 0) is 0 Å². The Morgan fingerprint density at radius 3 is 1.78 bits per heavy atom. The molecule has 0 atom stereocenters. The highest BCUT2D eigenvalue weighted by atomic mass is 32.1. The van der Waals surface area contributed by atoms with Gasteiger partial charge in [-0.25, -0.2) is 0 Å². The van der Waals surface area contributed by atoms with Gasteiger partial charge in [-0.1, -0.05) is 39.9 Å². The summed E-state index contributed by atoms with van der Waals surface area (Å²) in [5.74, 6) is 1.31. The highest BCUT2D eigenvalue weighted by Gasteiger charge is 2.03. The topological polar surface area (TPSA) is 0 Å². The highest BCUT2D eigenvalue weighted by Crippen LogP contribution is 2.08. The summed E-state index contributed by atoms with van der Waals surface area (Å²) in [6.45, 7) is 8.72. The highest BCUT2D eigenvalue weighted by molar-refractivity contribution is 7.80. The van der Waals surface area contributed by atoms with E-state index in [1.165, 1.54) is 4.86 Å². The van der Waals surface area contributed by atoms with Crippen molar-refractivity contribution in [2.45, 2.75) is 34.1 Å². The van der Waals surface area contributed by atoms with Crippen molar-refractivity contribution in [3.8, 4) is 0 Å². The minimum atomic E-state index is 0.586. The van der Waals surface area contributed by atoms with Gasteiger partial charge in [-0.3, -0.25) is 0 Å². The maximum atomic E-state index is 5.15. The fraction of sp³-hybridized carbons (Fsp3) is 0.875. The van der Waals surface area contributed by atoms with Crippen molar-refractivity contribution in [2.75, 3.05) is 0 Å². The Balaban J connectivity index is 3.51. The van der Waals surface area contributed by atoms with Crippen LogP contribution >= 0.6 is 12.2 Å². The summed E-state index contributed by atoms with van der Waals surface area (Å²) >= 11 is 5.15. The van der Waals surface area contributed by atoms with Gasteiger partial charge in [0, 0.05) is 0 Å². The second kappa shape index (κ2) is 3.99. The predicted molar refractivity (Wildman–Crippen MR) is 46.9 cm³/mol. The molecule has 0 aliphatic rings. The molecule has 0 spiro atoms. The zero-order chi connectivity index (χ0) is 7.44. The van der Waals surface area contributed by atoms with Crippen LogP contribution in [0.1, 0.15) is 34.1 Å². The van der Waals surface area contributed by atoms with Gasteiger partial charge in [-0.2, -0.15) is 0 Å². The number of thiocarbonyl (C=S) groups is 1. The molecule has 1 heteroatoms. The summed E-state index contributed by atoms with van der Waals surface area (Å²) in [5.41, 5.74) is 0. The van der Waals surface area contributed by atoms with Crippen LogP contribution < -0.4 is 0 Å². The van der Waals surface area contributed by atoms with E-state index in [1.807, 2.05) is 0 Å². The zero-order valence-electron chi connectivity index (χ0n) is 6.77. The van der Waals surface area contributed by atoms with Crippen LogP contribution in [0.2, 0.25) is 0 Å². The van der Waals surface area contributed by atoms with E-state index in [0.717, 1.165) is 12.3 Å². The van der Waals surface area contributed by atoms with Crippen molar-refractivity contribution in [3.63, 3.8) is 0 Å². The molecule has 0 aliphatic heterocycles. The second-order valence-electron chi connectivity index (χ2n) is 3.22. The molecule has 0 heterocycles. The van der Waals surface area contributed by atoms with Gasteiger partial charge in [0.25, 0.3) is 0 Å². The lowest BCUT2D eigenvalue weighted by Crippen LogP contribution is -2.06. The van der Waals surface area contributed by atoms with Crippen LogP contribution in [0, 0.1) is 11.8 Å². The molecule has 0 rings (SSSR count). The Kier molecular flexibility index (Phi) is 4.03. The number of hydrogen-bond donors (Lipinski definition) is 0. The van der Waals surface area contributed by atoms with E-state index >= 15 is 0 Å². The smallest absolute Gasteiger partial charge is 0.00435 e. The van der Waals surface area contributed by atoms with Gasteiger partial charge in [0.05, 0.1) is 0 Å². The molecule has 0 N–H and O–H groups in total. The molecule has 0 saturated heterocycles. The molecule has 9 heavy (non-hydrogen) atoms.